The number of unbranched alkanes of at least 4 members (excludes halogenated alkanes) is 5. The molecule has 2 heterocycles. The van der Waals surface area contributed by atoms with E-state index in [1.165, 1.54) is 0 Å². The number of amides is 5. The Bertz CT molecular complexity index is 591. The first-order chi connectivity index (χ1) is 14.5. The van der Waals surface area contributed by atoms with E-state index in [0.717, 1.165) is 49.2 Å². The Morgan fingerprint density at radius 2 is 1.40 bits per heavy atom. The van der Waals surface area contributed by atoms with Crippen LogP contribution in [0.1, 0.15) is 90.9 Å². The van der Waals surface area contributed by atoms with Crippen molar-refractivity contribution in [3.05, 3.63) is 0 Å². The summed E-state index contributed by atoms with van der Waals surface area (Å²) in [5, 5.41) is 6.26. The summed E-state index contributed by atoms with van der Waals surface area (Å²) in [7, 11) is 0. The summed E-state index contributed by atoms with van der Waals surface area (Å²) >= 11 is 1.85. The average molecular weight is 440 g/mol. The molecule has 0 aromatic rings. The van der Waals surface area contributed by atoms with Gasteiger partial charge in [-0.2, -0.15) is 11.8 Å². The fourth-order valence-corrected chi connectivity index (χ4v) is 5.61. The first-order valence-electron chi connectivity index (χ1n) is 11.5. The van der Waals surface area contributed by atoms with Crippen LogP contribution in [0.5, 0.6) is 0 Å². The van der Waals surface area contributed by atoms with E-state index in [0.29, 0.717) is 24.5 Å². The summed E-state index contributed by atoms with van der Waals surface area (Å²) < 4.78 is 0. The predicted molar refractivity (Wildman–Crippen MR) is 119 cm³/mol. The zero-order valence-corrected chi connectivity index (χ0v) is 19.2. The molecule has 0 aromatic carbocycles. The summed E-state index contributed by atoms with van der Waals surface area (Å²) in [4.78, 5) is 50.3. The lowest BCUT2D eigenvalue weighted by molar-refractivity contribution is -0.154. The van der Waals surface area contributed by atoms with Crippen molar-refractivity contribution in [2.24, 2.45) is 0 Å². The summed E-state index contributed by atoms with van der Waals surface area (Å²) in [6.45, 7) is 4.11. The normalized spacial score (nSPS) is 22.3. The van der Waals surface area contributed by atoms with Crippen LogP contribution in [0.4, 0.5) is 4.79 Å². The molecule has 2 fully saturated rings. The number of carbonyl (C=O) groups is 4. The van der Waals surface area contributed by atoms with Gasteiger partial charge in [-0.05, 0) is 25.7 Å². The molecule has 0 radical (unpaired) electrons. The fraction of sp³-hybridized carbons (Fsp3) is 0.818. The summed E-state index contributed by atoms with van der Waals surface area (Å²) in [5.74, 6) is -0.127. The summed E-state index contributed by atoms with van der Waals surface area (Å²) in [6, 6.07) is 0.269. The highest BCUT2D eigenvalue weighted by atomic mass is 32.2. The van der Waals surface area contributed by atoms with Crippen LogP contribution < -0.4 is 10.6 Å². The molecule has 2 N–H and O–H groups in total. The van der Waals surface area contributed by atoms with E-state index in [1.807, 2.05) is 11.8 Å². The number of carbonyl (C=O) groups excluding carboxylic acids is 4. The molecule has 2 aliphatic heterocycles. The molecule has 0 bridgehead atoms. The first-order valence-corrected chi connectivity index (χ1v) is 12.6. The van der Waals surface area contributed by atoms with Crippen molar-refractivity contribution >= 4 is 35.5 Å². The predicted octanol–water partition coefficient (Wildman–Crippen LogP) is 3.75. The number of nitrogens with zero attached hydrogens (tertiary/aromatic N) is 1. The Labute approximate surface area is 184 Å². The first kappa shape index (κ1) is 24.7. The number of thioether (sulfide) groups is 1. The Balaban J connectivity index is 1.79. The molecule has 170 valence electrons. The van der Waals surface area contributed by atoms with Gasteiger partial charge in [0.15, 0.2) is 0 Å². The number of rotatable bonds is 13. The number of nitrogens with one attached hydrogen (secondary N) is 2. The summed E-state index contributed by atoms with van der Waals surface area (Å²) in [5.41, 5.74) is 0. The highest BCUT2D eigenvalue weighted by molar-refractivity contribution is 8.00. The van der Waals surface area contributed by atoms with E-state index in [-0.39, 0.29) is 55.1 Å². The van der Waals surface area contributed by atoms with Gasteiger partial charge in [0.1, 0.15) is 0 Å². The van der Waals surface area contributed by atoms with Gasteiger partial charge in [-0.1, -0.05) is 46.0 Å². The molecular weight excluding hydrogens is 402 g/mol. The van der Waals surface area contributed by atoms with Gasteiger partial charge in [0, 0.05) is 30.3 Å². The number of fused-ring (bicyclic) bond motifs is 1. The smallest absolute Gasteiger partial charge is 0.315 e. The van der Waals surface area contributed by atoms with Crippen molar-refractivity contribution in [3.63, 3.8) is 0 Å². The second-order valence-electron chi connectivity index (χ2n) is 8.30. The van der Waals surface area contributed by atoms with Crippen molar-refractivity contribution < 1.29 is 19.2 Å². The van der Waals surface area contributed by atoms with Crippen LogP contribution in [0, 0.1) is 0 Å². The van der Waals surface area contributed by atoms with Gasteiger partial charge in [0.2, 0.25) is 17.7 Å². The van der Waals surface area contributed by atoms with Crippen LogP contribution in [-0.4, -0.2) is 51.7 Å². The molecular formula is C22H37N3O4S. The zero-order chi connectivity index (χ0) is 21.9. The third kappa shape index (κ3) is 7.29. The van der Waals surface area contributed by atoms with E-state index in [4.69, 9.17) is 0 Å². The van der Waals surface area contributed by atoms with Crippen LogP contribution in [0.2, 0.25) is 0 Å². The molecule has 2 rings (SSSR count). The monoisotopic (exact) mass is 439 g/mol. The molecule has 7 nitrogen and oxygen atoms in total. The summed E-state index contributed by atoms with van der Waals surface area (Å²) in [6.07, 6.45) is 8.37. The Hall–Kier alpha value is -1.57. The fourth-order valence-electron chi connectivity index (χ4n) is 4.07. The third-order valence-corrected chi connectivity index (χ3v) is 7.31. The van der Waals surface area contributed by atoms with Gasteiger partial charge in [-0.3, -0.25) is 14.4 Å². The van der Waals surface area contributed by atoms with Crippen LogP contribution in [-0.2, 0) is 14.4 Å². The molecule has 0 saturated carbocycles. The second kappa shape index (κ2) is 13.0. The van der Waals surface area contributed by atoms with Gasteiger partial charge in [0.25, 0.3) is 0 Å². The van der Waals surface area contributed by atoms with E-state index in [2.05, 4.69) is 24.5 Å². The maximum atomic E-state index is 12.7. The Morgan fingerprint density at radius 3 is 1.93 bits per heavy atom. The maximum Gasteiger partial charge on any atom is 0.315 e. The van der Waals surface area contributed by atoms with Crippen molar-refractivity contribution in [1.82, 2.24) is 15.5 Å². The number of hydrogen-bond donors (Lipinski definition) is 2. The largest absolute Gasteiger partial charge is 0.332 e. The molecule has 2 saturated heterocycles. The minimum absolute atomic E-state index is 0.0932. The number of hydrogen-bond acceptors (Lipinski definition) is 5. The molecule has 0 aliphatic carbocycles. The Kier molecular flexibility index (Phi) is 10.7. The highest BCUT2D eigenvalue weighted by Crippen LogP contribution is 2.33. The Morgan fingerprint density at radius 1 is 0.867 bits per heavy atom. The molecule has 8 heteroatoms. The van der Waals surface area contributed by atoms with E-state index in [1.54, 1.807) is 0 Å². The molecule has 0 unspecified atom stereocenters. The van der Waals surface area contributed by atoms with Gasteiger partial charge in [0.05, 0.1) is 12.1 Å². The lowest BCUT2D eigenvalue weighted by Crippen LogP contribution is -2.41. The molecule has 2 aliphatic rings. The molecule has 0 spiro atoms. The maximum absolute atomic E-state index is 12.7. The van der Waals surface area contributed by atoms with Crippen molar-refractivity contribution in [1.29, 1.82) is 0 Å². The van der Waals surface area contributed by atoms with E-state index >= 15 is 0 Å². The van der Waals surface area contributed by atoms with Gasteiger partial charge in [-0.25, -0.2) is 9.69 Å². The quantitative estimate of drug-likeness (QED) is 0.337. The van der Waals surface area contributed by atoms with Crippen molar-refractivity contribution in [2.75, 3.05) is 5.75 Å². The highest BCUT2D eigenvalue weighted by Gasteiger charge is 2.42. The second-order valence-corrected chi connectivity index (χ2v) is 9.57. The van der Waals surface area contributed by atoms with Gasteiger partial charge < -0.3 is 10.6 Å². The topological polar surface area (TPSA) is 95.6 Å². The van der Waals surface area contributed by atoms with Crippen molar-refractivity contribution in [3.8, 4) is 0 Å². The lowest BCUT2D eigenvalue weighted by Gasteiger charge is -2.20. The van der Waals surface area contributed by atoms with Crippen molar-refractivity contribution in [2.45, 2.75) is 108 Å². The molecule has 30 heavy (non-hydrogen) atoms. The van der Waals surface area contributed by atoms with Gasteiger partial charge in [-0.15, -0.1) is 0 Å². The SMILES string of the molecule is CCCCCC(=O)N(C(=O)CCCCC)C(=O)CCCC[C@@H]1SC[C@@H]2NC(=O)N[C@@H]21. The van der Waals surface area contributed by atoms with Gasteiger partial charge >= 0.3 is 6.03 Å². The minimum atomic E-state index is -0.356. The van der Waals surface area contributed by atoms with Crippen LogP contribution >= 0.6 is 11.8 Å². The molecule has 0 aromatic heterocycles. The number of urea groups is 1. The lowest BCUT2D eigenvalue weighted by atomic mass is 10.0. The standard InChI is InChI=1S/C22H37N3O4S/c1-3-5-7-12-18(26)25(19(27)13-8-6-4-2)20(28)14-10-9-11-17-21-16(15-30-17)23-22(29)24-21/h16-17,21H,3-15H2,1-2H3,(H2,23,24,29)/t16-,17-,21-/m0/s1. The van der Waals surface area contributed by atoms with E-state index in [9.17, 15) is 19.2 Å². The van der Waals surface area contributed by atoms with E-state index < -0.39 is 0 Å². The number of imide groups is 3. The zero-order valence-electron chi connectivity index (χ0n) is 18.4. The van der Waals surface area contributed by atoms with Crippen LogP contribution in [0.3, 0.4) is 0 Å². The molecule has 5 amide bonds. The average Bonchev–Trinajstić information content (AvgIpc) is 3.25. The van der Waals surface area contributed by atoms with Crippen LogP contribution in [0.25, 0.3) is 0 Å². The minimum Gasteiger partial charge on any atom is -0.332 e. The molecule has 3 atom stereocenters. The third-order valence-electron chi connectivity index (χ3n) is 5.80. The van der Waals surface area contributed by atoms with Crippen LogP contribution in [0.15, 0.2) is 0 Å².